The van der Waals surface area contributed by atoms with Crippen LogP contribution in [0.4, 0.5) is 0 Å². The number of piperidine rings is 1. The fourth-order valence-electron chi connectivity index (χ4n) is 3.52. The Bertz CT molecular complexity index is 661. The SMILES string of the molecule is CCn1nccc1-c1cc(C)nc([C@@H]2CCCCN2C(C)C)n1. The Hall–Kier alpha value is -1.75. The molecule has 3 rings (SSSR count). The number of rotatable bonds is 4. The van der Waals surface area contributed by atoms with Gasteiger partial charge in [0.2, 0.25) is 0 Å². The molecule has 5 heteroatoms. The second-order valence-electron chi connectivity index (χ2n) is 6.63. The molecule has 0 amide bonds. The van der Waals surface area contributed by atoms with Gasteiger partial charge in [0, 0.05) is 24.5 Å². The highest BCUT2D eigenvalue weighted by molar-refractivity contribution is 5.54. The van der Waals surface area contributed by atoms with Crippen molar-refractivity contribution in [3.05, 3.63) is 29.8 Å². The number of aromatic nitrogens is 4. The van der Waals surface area contributed by atoms with Crippen molar-refractivity contribution in [3.8, 4) is 11.4 Å². The summed E-state index contributed by atoms with van der Waals surface area (Å²) < 4.78 is 1.99. The first-order valence-corrected chi connectivity index (χ1v) is 8.73. The van der Waals surface area contributed by atoms with Gasteiger partial charge in [-0.3, -0.25) is 9.58 Å². The molecule has 3 heterocycles. The van der Waals surface area contributed by atoms with Crippen molar-refractivity contribution < 1.29 is 0 Å². The molecule has 0 aromatic carbocycles. The quantitative estimate of drug-likeness (QED) is 0.865. The molecule has 0 aliphatic carbocycles. The molecular weight excluding hydrogens is 286 g/mol. The first-order chi connectivity index (χ1) is 11.1. The van der Waals surface area contributed by atoms with Crippen molar-refractivity contribution in [2.45, 2.75) is 65.6 Å². The van der Waals surface area contributed by atoms with Gasteiger partial charge in [0.05, 0.1) is 17.4 Å². The van der Waals surface area contributed by atoms with Crippen LogP contribution in [0.3, 0.4) is 0 Å². The van der Waals surface area contributed by atoms with E-state index < -0.39 is 0 Å². The average molecular weight is 313 g/mol. The van der Waals surface area contributed by atoms with Gasteiger partial charge < -0.3 is 0 Å². The zero-order valence-corrected chi connectivity index (χ0v) is 14.7. The summed E-state index contributed by atoms with van der Waals surface area (Å²) in [7, 11) is 0. The summed E-state index contributed by atoms with van der Waals surface area (Å²) >= 11 is 0. The smallest absolute Gasteiger partial charge is 0.146 e. The molecular formula is C18H27N5. The first kappa shape index (κ1) is 16.1. The topological polar surface area (TPSA) is 46.8 Å². The van der Waals surface area contributed by atoms with Gasteiger partial charge in [-0.05, 0) is 59.2 Å². The Morgan fingerprint density at radius 1 is 1.26 bits per heavy atom. The lowest BCUT2D eigenvalue weighted by Gasteiger charge is -2.37. The predicted molar refractivity (Wildman–Crippen MR) is 92.1 cm³/mol. The molecule has 1 atom stereocenters. The zero-order chi connectivity index (χ0) is 16.4. The second kappa shape index (κ2) is 6.79. The molecule has 0 unspecified atom stereocenters. The third-order valence-electron chi connectivity index (χ3n) is 4.66. The van der Waals surface area contributed by atoms with E-state index in [2.05, 4.69) is 43.8 Å². The minimum absolute atomic E-state index is 0.334. The summed E-state index contributed by atoms with van der Waals surface area (Å²) in [5.41, 5.74) is 3.09. The van der Waals surface area contributed by atoms with Crippen LogP contribution in [0.15, 0.2) is 18.3 Å². The van der Waals surface area contributed by atoms with Gasteiger partial charge in [0.1, 0.15) is 5.82 Å². The Morgan fingerprint density at radius 3 is 2.83 bits per heavy atom. The largest absolute Gasteiger partial charge is 0.291 e. The maximum absolute atomic E-state index is 4.93. The summed E-state index contributed by atoms with van der Waals surface area (Å²) in [6.45, 7) is 10.7. The van der Waals surface area contributed by atoms with Crippen molar-refractivity contribution in [1.82, 2.24) is 24.6 Å². The van der Waals surface area contributed by atoms with Crippen molar-refractivity contribution in [3.63, 3.8) is 0 Å². The highest BCUT2D eigenvalue weighted by Gasteiger charge is 2.28. The van der Waals surface area contributed by atoms with E-state index in [0.717, 1.165) is 42.4 Å². The van der Waals surface area contributed by atoms with Crippen molar-refractivity contribution >= 4 is 0 Å². The van der Waals surface area contributed by atoms with E-state index in [1.54, 1.807) is 0 Å². The molecule has 2 aromatic rings. The normalized spacial score (nSPS) is 19.4. The Balaban J connectivity index is 2.00. The molecule has 23 heavy (non-hydrogen) atoms. The van der Waals surface area contributed by atoms with Crippen LogP contribution in [-0.2, 0) is 6.54 Å². The molecule has 0 spiro atoms. The zero-order valence-electron chi connectivity index (χ0n) is 14.7. The fourth-order valence-corrected chi connectivity index (χ4v) is 3.52. The number of likely N-dealkylation sites (tertiary alicyclic amines) is 1. The van der Waals surface area contributed by atoms with Crippen molar-refractivity contribution in [2.24, 2.45) is 0 Å². The molecule has 2 aromatic heterocycles. The van der Waals surface area contributed by atoms with E-state index >= 15 is 0 Å². The second-order valence-corrected chi connectivity index (χ2v) is 6.63. The van der Waals surface area contributed by atoms with Crippen molar-refractivity contribution in [1.29, 1.82) is 0 Å². The van der Waals surface area contributed by atoms with E-state index in [0.29, 0.717) is 12.1 Å². The maximum Gasteiger partial charge on any atom is 0.146 e. The maximum atomic E-state index is 4.93. The standard InChI is InChI=1S/C18H27N5/c1-5-23-16(9-10-19-23)15-12-14(4)20-18(21-15)17-8-6-7-11-22(17)13(2)3/h9-10,12-13,17H,5-8,11H2,1-4H3/t17-/m0/s1. The Kier molecular flexibility index (Phi) is 4.76. The van der Waals surface area contributed by atoms with Gasteiger partial charge >= 0.3 is 0 Å². The molecule has 1 fully saturated rings. The molecule has 124 valence electrons. The number of hydrogen-bond acceptors (Lipinski definition) is 4. The molecule has 5 nitrogen and oxygen atoms in total. The van der Waals surface area contributed by atoms with Gasteiger partial charge in [-0.2, -0.15) is 5.10 Å². The van der Waals surface area contributed by atoms with Gasteiger partial charge in [-0.15, -0.1) is 0 Å². The van der Waals surface area contributed by atoms with Crippen LogP contribution in [-0.4, -0.2) is 37.2 Å². The molecule has 0 radical (unpaired) electrons. The third-order valence-corrected chi connectivity index (χ3v) is 4.66. The van der Waals surface area contributed by atoms with Crippen LogP contribution < -0.4 is 0 Å². The van der Waals surface area contributed by atoms with Crippen molar-refractivity contribution in [2.75, 3.05) is 6.54 Å². The minimum Gasteiger partial charge on any atom is -0.291 e. The molecule has 1 aliphatic heterocycles. The Morgan fingerprint density at radius 2 is 2.09 bits per heavy atom. The summed E-state index contributed by atoms with van der Waals surface area (Å²) in [6, 6.07) is 4.96. The molecule has 1 saturated heterocycles. The van der Waals surface area contributed by atoms with Gasteiger partial charge in [-0.25, -0.2) is 9.97 Å². The molecule has 0 bridgehead atoms. The number of nitrogens with zero attached hydrogens (tertiary/aromatic N) is 5. The molecule has 1 aliphatic rings. The third kappa shape index (κ3) is 3.29. The minimum atomic E-state index is 0.334. The van der Waals surface area contributed by atoms with Crippen LogP contribution in [0.25, 0.3) is 11.4 Å². The number of hydrogen-bond donors (Lipinski definition) is 0. The van der Waals surface area contributed by atoms with Crippen LogP contribution in [0.2, 0.25) is 0 Å². The first-order valence-electron chi connectivity index (χ1n) is 8.73. The molecule has 0 N–H and O–H groups in total. The highest BCUT2D eigenvalue weighted by atomic mass is 15.3. The van der Waals surface area contributed by atoms with Crippen LogP contribution in [0.5, 0.6) is 0 Å². The van der Waals surface area contributed by atoms with Gasteiger partial charge in [0.15, 0.2) is 0 Å². The monoisotopic (exact) mass is 313 g/mol. The predicted octanol–water partition coefficient (Wildman–Crippen LogP) is 3.60. The van der Waals surface area contributed by atoms with Crippen LogP contribution in [0, 0.1) is 6.92 Å². The van der Waals surface area contributed by atoms with E-state index in [4.69, 9.17) is 9.97 Å². The van der Waals surface area contributed by atoms with Gasteiger partial charge in [0.25, 0.3) is 0 Å². The van der Waals surface area contributed by atoms with Crippen LogP contribution in [0.1, 0.15) is 57.6 Å². The van der Waals surface area contributed by atoms with E-state index in [-0.39, 0.29) is 0 Å². The summed E-state index contributed by atoms with van der Waals surface area (Å²) in [6.07, 6.45) is 5.52. The van der Waals surface area contributed by atoms with Gasteiger partial charge in [-0.1, -0.05) is 6.42 Å². The van der Waals surface area contributed by atoms with E-state index in [9.17, 15) is 0 Å². The van der Waals surface area contributed by atoms with E-state index in [1.165, 1.54) is 12.8 Å². The fraction of sp³-hybridized carbons (Fsp3) is 0.611. The average Bonchev–Trinajstić information content (AvgIpc) is 3.03. The lowest BCUT2D eigenvalue weighted by molar-refractivity contribution is 0.106. The van der Waals surface area contributed by atoms with Crippen LogP contribution >= 0.6 is 0 Å². The summed E-state index contributed by atoms with van der Waals surface area (Å²) in [5.74, 6) is 0.970. The molecule has 0 saturated carbocycles. The van der Waals surface area contributed by atoms with E-state index in [1.807, 2.05) is 16.9 Å². The Labute approximate surface area is 138 Å². The lowest BCUT2D eigenvalue weighted by Crippen LogP contribution is -2.39. The summed E-state index contributed by atoms with van der Waals surface area (Å²) in [4.78, 5) is 12.2. The number of aryl methyl sites for hydroxylation is 2. The summed E-state index contributed by atoms with van der Waals surface area (Å²) in [5, 5.41) is 4.37. The lowest BCUT2D eigenvalue weighted by atomic mass is 9.99. The highest BCUT2D eigenvalue weighted by Crippen LogP contribution is 2.31.